The molecule has 0 bridgehead atoms. The van der Waals surface area contributed by atoms with Crippen LogP contribution in [0, 0.1) is 5.41 Å². The van der Waals surface area contributed by atoms with Crippen LogP contribution in [0.4, 0.5) is 0 Å². The number of nitrogens with zero attached hydrogens (tertiary/aromatic N) is 3. The Morgan fingerprint density at radius 3 is 2.57 bits per heavy atom. The lowest BCUT2D eigenvalue weighted by atomic mass is 9.61. The van der Waals surface area contributed by atoms with Gasteiger partial charge in [-0.2, -0.15) is 0 Å². The van der Waals surface area contributed by atoms with Crippen molar-refractivity contribution in [1.82, 2.24) is 9.80 Å². The van der Waals surface area contributed by atoms with Crippen molar-refractivity contribution < 1.29 is 14.6 Å². The smallest absolute Gasteiger partial charge is 0.262 e. The molecule has 1 aromatic rings. The molecule has 1 saturated carbocycles. The van der Waals surface area contributed by atoms with Crippen LogP contribution in [0.3, 0.4) is 0 Å². The van der Waals surface area contributed by atoms with Crippen molar-refractivity contribution in [1.29, 1.82) is 0 Å². The molecule has 4 rings (SSSR count). The van der Waals surface area contributed by atoms with E-state index in [1.54, 1.807) is 19.1 Å². The first-order chi connectivity index (χ1) is 13.3. The minimum atomic E-state index is -0.998. The highest BCUT2D eigenvalue weighted by atomic mass is 16.5. The van der Waals surface area contributed by atoms with Gasteiger partial charge in [-0.15, -0.1) is 0 Å². The first-order valence-corrected chi connectivity index (χ1v) is 9.90. The standard InChI is InChI=1S/C21H30N4O3/c1-24(2)17(26)13-5-6-14-12-20(9-7-15(28-4)8-10-20)21(16(14)11-13)18(27)25(3)19(22)23-21/h5-6,11,15,17,26H,7-10,12H2,1-4H3,(H2,22,23). The number of methoxy groups -OCH3 is 1. The first-order valence-electron chi connectivity index (χ1n) is 9.90. The second kappa shape index (κ2) is 6.54. The molecule has 2 spiro atoms. The van der Waals surface area contributed by atoms with Gasteiger partial charge < -0.3 is 15.6 Å². The van der Waals surface area contributed by atoms with E-state index in [9.17, 15) is 9.90 Å². The van der Waals surface area contributed by atoms with E-state index in [2.05, 4.69) is 0 Å². The molecule has 28 heavy (non-hydrogen) atoms. The number of aliphatic hydroxyl groups is 1. The van der Waals surface area contributed by atoms with Crippen molar-refractivity contribution in [3.8, 4) is 0 Å². The van der Waals surface area contributed by atoms with Gasteiger partial charge in [0.15, 0.2) is 11.5 Å². The second-order valence-corrected chi connectivity index (χ2v) is 8.69. The van der Waals surface area contributed by atoms with Crippen LogP contribution in [0.2, 0.25) is 0 Å². The minimum absolute atomic E-state index is 0.0592. The third-order valence-electron chi connectivity index (χ3n) is 7.07. The molecule has 1 aromatic carbocycles. The number of hydrogen-bond donors (Lipinski definition) is 2. The van der Waals surface area contributed by atoms with Gasteiger partial charge in [0.25, 0.3) is 5.91 Å². The minimum Gasteiger partial charge on any atom is -0.381 e. The highest BCUT2D eigenvalue weighted by Crippen LogP contribution is 2.61. The summed E-state index contributed by atoms with van der Waals surface area (Å²) in [5, 5.41) is 10.6. The third kappa shape index (κ3) is 2.46. The van der Waals surface area contributed by atoms with Gasteiger partial charge in [-0.05, 0) is 69.0 Å². The molecule has 0 saturated heterocycles. The van der Waals surface area contributed by atoms with E-state index in [1.165, 1.54) is 4.90 Å². The Bertz CT molecular complexity index is 829. The maximum atomic E-state index is 13.6. The molecule has 1 fully saturated rings. The zero-order chi connectivity index (χ0) is 20.3. The lowest BCUT2D eigenvalue weighted by molar-refractivity contribution is -0.137. The molecule has 2 aliphatic carbocycles. The molecule has 7 heteroatoms. The zero-order valence-electron chi connectivity index (χ0n) is 17.1. The number of benzene rings is 1. The van der Waals surface area contributed by atoms with E-state index >= 15 is 0 Å². The highest BCUT2D eigenvalue weighted by molar-refractivity contribution is 6.08. The molecule has 0 radical (unpaired) electrons. The summed E-state index contributed by atoms with van der Waals surface area (Å²) in [6.07, 6.45) is 3.84. The maximum absolute atomic E-state index is 13.6. The van der Waals surface area contributed by atoms with Crippen LogP contribution in [0.5, 0.6) is 0 Å². The fourth-order valence-corrected chi connectivity index (χ4v) is 5.40. The molecule has 2 unspecified atom stereocenters. The summed E-state index contributed by atoms with van der Waals surface area (Å²) in [4.78, 5) is 21.6. The van der Waals surface area contributed by atoms with Crippen LogP contribution in [0.1, 0.15) is 48.6 Å². The molecular weight excluding hydrogens is 356 g/mol. The number of hydrogen-bond acceptors (Lipinski definition) is 6. The largest absolute Gasteiger partial charge is 0.381 e. The van der Waals surface area contributed by atoms with Gasteiger partial charge in [0.1, 0.15) is 6.23 Å². The average Bonchev–Trinajstić information content (AvgIpc) is 3.08. The fraction of sp³-hybridized carbons (Fsp3) is 0.619. The Hall–Kier alpha value is -1.96. The Morgan fingerprint density at radius 2 is 2.04 bits per heavy atom. The first kappa shape index (κ1) is 19.4. The summed E-state index contributed by atoms with van der Waals surface area (Å²) < 4.78 is 5.57. The Balaban J connectivity index is 1.86. The van der Waals surface area contributed by atoms with Crippen LogP contribution in [0.25, 0.3) is 0 Å². The van der Waals surface area contributed by atoms with E-state index < -0.39 is 11.8 Å². The predicted molar refractivity (Wildman–Crippen MR) is 107 cm³/mol. The van der Waals surface area contributed by atoms with E-state index in [1.807, 2.05) is 32.3 Å². The zero-order valence-corrected chi connectivity index (χ0v) is 17.1. The molecule has 1 aliphatic heterocycles. The number of likely N-dealkylation sites (N-methyl/N-ethyl adjacent to an activating group) is 1. The van der Waals surface area contributed by atoms with Crippen molar-refractivity contribution in [2.24, 2.45) is 16.1 Å². The van der Waals surface area contributed by atoms with Crippen molar-refractivity contribution >= 4 is 11.9 Å². The van der Waals surface area contributed by atoms with Crippen molar-refractivity contribution in [2.75, 3.05) is 28.3 Å². The van der Waals surface area contributed by atoms with Crippen LogP contribution in [-0.4, -0.2) is 61.1 Å². The number of fused-ring (bicyclic) bond motifs is 3. The second-order valence-electron chi connectivity index (χ2n) is 8.69. The Labute approximate surface area is 166 Å². The number of ether oxygens (including phenoxy) is 1. The molecule has 7 nitrogen and oxygen atoms in total. The van der Waals surface area contributed by atoms with Gasteiger partial charge in [-0.3, -0.25) is 14.6 Å². The number of carbonyl (C=O) groups is 1. The summed E-state index contributed by atoms with van der Waals surface area (Å²) in [7, 11) is 7.10. The fourth-order valence-electron chi connectivity index (χ4n) is 5.40. The van der Waals surface area contributed by atoms with Gasteiger partial charge in [0, 0.05) is 19.6 Å². The SMILES string of the molecule is COC1CCC2(CC1)Cc1ccc(C(O)N(C)C)cc1C21N=C(N)N(C)C1=O. The maximum Gasteiger partial charge on any atom is 0.262 e. The number of aliphatic imine (C=N–C) groups is 1. The molecule has 0 aromatic heterocycles. The quantitative estimate of drug-likeness (QED) is 0.766. The lowest BCUT2D eigenvalue weighted by Crippen LogP contribution is -2.51. The molecule has 2 atom stereocenters. The van der Waals surface area contributed by atoms with E-state index in [0.717, 1.165) is 48.8 Å². The third-order valence-corrected chi connectivity index (χ3v) is 7.07. The number of amides is 1. The monoisotopic (exact) mass is 386 g/mol. The van der Waals surface area contributed by atoms with Gasteiger partial charge >= 0.3 is 0 Å². The molecule has 152 valence electrons. The molecule has 3 N–H and O–H groups in total. The summed E-state index contributed by atoms with van der Waals surface area (Å²) >= 11 is 0. The highest BCUT2D eigenvalue weighted by Gasteiger charge is 2.66. The van der Waals surface area contributed by atoms with Crippen LogP contribution >= 0.6 is 0 Å². The Morgan fingerprint density at radius 1 is 1.36 bits per heavy atom. The summed E-state index contributed by atoms with van der Waals surface area (Å²) in [6, 6.07) is 5.96. The molecule has 3 aliphatic rings. The van der Waals surface area contributed by atoms with Gasteiger partial charge in [0.05, 0.1) is 6.10 Å². The van der Waals surface area contributed by atoms with Crippen LogP contribution in [-0.2, 0) is 21.5 Å². The molecule has 1 heterocycles. The number of rotatable bonds is 3. The average molecular weight is 386 g/mol. The van der Waals surface area contributed by atoms with Crippen molar-refractivity contribution in [3.63, 3.8) is 0 Å². The van der Waals surface area contributed by atoms with Crippen molar-refractivity contribution in [2.45, 2.75) is 50.0 Å². The van der Waals surface area contributed by atoms with Gasteiger partial charge in [-0.1, -0.05) is 12.1 Å². The predicted octanol–water partition coefficient (Wildman–Crippen LogP) is 1.35. The summed E-state index contributed by atoms with van der Waals surface area (Å²) in [5.74, 6) is 0.209. The van der Waals surface area contributed by atoms with Crippen LogP contribution in [0.15, 0.2) is 23.2 Å². The molecule has 1 amide bonds. The van der Waals surface area contributed by atoms with E-state index in [0.29, 0.717) is 0 Å². The normalized spacial score (nSPS) is 33.1. The number of nitrogens with two attached hydrogens (primary N) is 1. The van der Waals surface area contributed by atoms with Crippen molar-refractivity contribution in [3.05, 3.63) is 34.9 Å². The van der Waals surface area contributed by atoms with E-state index in [-0.39, 0.29) is 23.4 Å². The van der Waals surface area contributed by atoms with Crippen LogP contribution < -0.4 is 5.73 Å². The topological polar surface area (TPSA) is 91.4 Å². The molecular formula is C21H30N4O3. The van der Waals surface area contributed by atoms with E-state index in [4.69, 9.17) is 15.5 Å². The Kier molecular flexibility index (Phi) is 4.52. The summed E-state index contributed by atoms with van der Waals surface area (Å²) in [6.45, 7) is 0. The van der Waals surface area contributed by atoms with Gasteiger partial charge in [0.2, 0.25) is 0 Å². The summed E-state index contributed by atoms with van der Waals surface area (Å²) in [5.41, 5.74) is 7.65. The number of guanidine groups is 1. The lowest BCUT2D eigenvalue weighted by Gasteiger charge is -2.45. The van der Waals surface area contributed by atoms with Gasteiger partial charge in [-0.25, -0.2) is 4.99 Å². The number of carbonyl (C=O) groups excluding carboxylic acids is 1. The number of aliphatic hydroxyl groups excluding tert-OH is 1.